The first-order chi connectivity index (χ1) is 14.7. The van der Waals surface area contributed by atoms with Crippen LogP contribution in [0.2, 0.25) is 0 Å². The Morgan fingerprint density at radius 3 is 2.39 bits per heavy atom. The van der Waals surface area contributed by atoms with Crippen LogP contribution in [0.1, 0.15) is 24.8 Å². The Bertz CT molecular complexity index is 920. The number of benzene rings is 2. The number of hydrogen-bond acceptors (Lipinski definition) is 5. The Morgan fingerprint density at radius 2 is 1.77 bits per heavy atom. The van der Waals surface area contributed by atoms with E-state index in [-0.39, 0.29) is 19.3 Å². The van der Waals surface area contributed by atoms with Crippen LogP contribution in [0.4, 0.5) is 35.9 Å². The zero-order valence-electron chi connectivity index (χ0n) is 17.0. The summed E-state index contributed by atoms with van der Waals surface area (Å²) in [5.74, 6) is -1.61. The van der Waals surface area contributed by atoms with Crippen LogP contribution >= 0.6 is 0 Å². The summed E-state index contributed by atoms with van der Waals surface area (Å²) in [7, 11) is 0. The molecule has 9 heteroatoms. The number of carbonyl (C=O) groups is 1. The fraction of sp³-hybridized carbons (Fsp3) is 0.364. The molecular formula is C22H26F3N5O. The number of hydrogen-bond donors (Lipinski definition) is 3. The summed E-state index contributed by atoms with van der Waals surface area (Å²) in [6, 6.07) is 13.0. The molecular weight excluding hydrogens is 407 g/mol. The summed E-state index contributed by atoms with van der Waals surface area (Å²) in [5, 5.41) is 3.28. The maximum atomic E-state index is 12.8. The minimum Gasteiger partial charge on any atom is -0.398 e. The predicted octanol–water partition coefficient (Wildman–Crippen LogP) is 4.09. The van der Waals surface area contributed by atoms with E-state index in [1.807, 2.05) is 41.3 Å². The van der Waals surface area contributed by atoms with Crippen molar-refractivity contribution >= 4 is 34.9 Å². The van der Waals surface area contributed by atoms with Gasteiger partial charge >= 0.3 is 6.18 Å². The van der Waals surface area contributed by atoms with Crippen LogP contribution in [0.25, 0.3) is 0 Å². The molecule has 0 unspecified atom stereocenters. The van der Waals surface area contributed by atoms with Gasteiger partial charge in [-0.05, 0) is 55.3 Å². The second kappa shape index (κ2) is 9.72. The second-order valence-electron chi connectivity index (χ2n) is 7.57. The van der Waals surface area contributed by atoms with Crippen LogP contribution in [-0.4, -0.2) is 37.9 Å². The average molecular weight is 433 g/mol. The Hall–Kier alpha value is -3.23. The number of anilines is 4. The molecule has 0 aliphatic carbocycles. The number of halogens is 3. The molecule has 6 nitrogen and oxygen atoms in total. The Kier molecular flexibility index (Phi) is 7.04. The van der Waals surface area contributed by atoms with Gasteiger partial charge in [0.05, 0.1) is 5.92 Å². The first-order valence-electron chi connectivity index (χ1n) is 10.1. The minimum absolute atomic E-state index is 0.124. The summed E-state index contributed by atoms with van der Waals surface area (Å²) in [5.41, 5.74) is 14.9. The van der Waals surface area contributed by atoms with Crippen molar-refractivity contribution in [3.63, 3.8) is 0 Å². The number of primary amides is 1. The van der Waals surface area contributed by atoms with Crippen molar-refractivity contribution < 1.29 is 18.0 Å². The van der Waals surface area contributed by atoms with Gasteiger partial charge in [-0.1, -0.05) is 0 Å². The predicted molar refractivity (Wildman–Crippen MR) is 118 cm³/mol. The minimum atomic E-state index is -4.11. The molecule has 1 heterocycles. The van der Waals surface area contributed by atoms with Crippen molar-refractivity contribution in [2.75, 3.05) is 35.6 Å². The SMILES string of the molecule is NC(=O)CCN=Cc1cc(Nc2ccc(N3CCC(C(F)(F)F)CC3)cc2)ccc1N. The van der Waals surface area contributed by atoms with Gasteiger partial charge < -0.3 is 21.7 Å². The number of nitrogens with one attached hydrogen (secondary N) is 1. The van der Waals surface area contributed by atoms with Crippen LogP contribution in [-0.2, 0) is 4.79 Å². The molecule has 2 aromatic rings. The number of rotatable bonds is 7. The maximum Gasteiger partial charge on any atom is 0.391 e. The van der Waals surface area contributed by atoms with Gasteiger partial charge in [0.15, 0.2) is 0 Å². The van der Waals surface area contributed by atoms with Crippen molar-refractivity contribution in [1.29, 1.82) is 0 Å². The molecule has 0 saturated carbocycles. The first-order valence-corrected chi connectivity index (χ1v) is 10.1. The van der Waals surface area contributed by atoms with E-state index >= 15 is 0 Å². The van der Waals surface area contributed by atoms with Crippen LogP contribution in [0.15, 0.2) is 47.5 Å². The van der Waals surface area contributed by atoms with Gasteiger partial charge in [0.25, 0.3) is 0 Å². The largest absolute Gasteiger partial charge is 0.398 e. The number of carbonyl (C=O) groups excluding carboxylic acids is 1. The molecule has 1 fully saturated rings. The molecule has 0 bridgehead atoms. The summed E-state index contributed by atoms with van der Waals surface area (Å²) in [6.45, 7) is 1.09. The van der Waals surface area contributed by atoms with Crippen molar-refractivity contribution in [2.24, 2.45) is 16.6 Å². The van der Waals surface area contributed by atoms with Crippen LogP contribution in [0.5, 0.6) is 0 Å². The third-order valence-electron chi connectivity index (χ3n) is 5.28. The number of nitrogen functional groups attached to an aromatic ring is 1. The maximum absolute atomic E-state index is 12.8. The zero-order chi connectivity index (χ0) is 22.4. The summed E-state index contributed by atoms with van der Waals surface area (Å²) < 4.78 is 38.5. The summed E-state index contributed by atoms with van der Waals surface area (Å²) in [6.07, 6.45) is -2.08. The van der Waals surface area contributed by atoms with Gasteiger partial charge in [0, 0.05) is 60.6 Å². The van der Waals surface area contributed by atoms with E-state index < -0.39 is 18.0 Å². The van der Waals surface area contributed by atoms with E-state index in [1.54, 1.807) is 12.3 Å². The quantitative estimate of drug-likeness (QED) is 0.453. The molecule has 1 aliphatic heterocycles. The standard InChI is InChI=1S/C22H26F3N5O/c23-22(24,25)16-8-11-30(12-9-16)19-4-1-17(2-5-19)29-18-3-6-20(26)15(13-18)14-28-10-7-21(27)31/h1-6,13-14,16,29H,7-12,26H2,(H2,27,31). The molecule has 1 aliphatic rings. The van der Waals surface area contributed by atoms with E-state index in [0.717, 1.165) is 22.6 Å². The van der Waals surface area contributed by atoms with Gasteiger partial charge in [-0.25, -0.2) is 0 Å². The van der Waals surface area contributed by atoms with E-state index in [1.165, 1.54) is 0 Å². The lowest BCUT2D eigenvalue weighted by atomic mass is 9.96. The molecule has 1 amide bonds. The normalized spacial score (nSPS) is 15.4. The molecule has 2 aromatic carbocycles. The van der Waals surface area contributed by atoms with Gasteiger partial charge in [0.2, 0.25) is 5.91 Å². The number of amides is 1. The molecule has 0 radical (unpaired) electrons. The number of aliphatic imine (C=N–C) groups is 1. The van der Waals surface area contributed by atoms with Crippen LogP contribution in [0, 0.1) is 5.92 Å². The topological polar surface area (TPSA) is 96.7 Å². The number of piperidine rings is 1. The Labute approximate surface area is 179 Å². The van der Waals surface area contributed by atoms with E-state index in [4.69, 9.17) is 11.5 Å². The number of nitrogens with zero attached hydrogens (tertiary/aromatic N) is 2. The summed E-state index contributed by atoms with van der Waals surface area (Å²) in [4.78, 5) is 16.9. The molecule has 31 heavy (non-hydrogen) atoms. The third kappa shape index (κ3) is 6.37. The highest BCUT2D eigenvalue weighted by molar-refractivity contribution is 5.89. The molecule has 0 spiro atoms. The van der Waals surface area contributed by atoms with Gasteiger partial charge in [-0.15, -0.1) is 0 Å². The third-order valence-corrected chi connectivity index (χ3v) is 5.28. The van der Waals surface area contributed by atoms with Gasteiger partial charge in [0.1, 0.15) is 0 Å². The number of alkyl halides is 3. The van der Waals surface area contributed by atoms with Crippen molar-refractivity contribution in [2.45, 2.75) is 25.4 Å². The van der Waals surface area contributed by atoms with Crippen molar-refractivity contribution in [1.82, 2.24) is 0 Å². The lowest BCUT2D eigenvalue weighted by Crippen LogP contribution is -2.38. The second-order valence-corrected chi connectivity index (χ2v) is 7.57. The first kappa shape index (κ1) is 22.5. The lowest BCUT2D eigenvalue weighted by molar-refractivity contribution is -0.179. The number of nitrogens with two attached hydrogens (primary N) is 2. The monoisotopic (exact) mass is 433 g/mol. The van der Waals surface area contributed by atoms with Crippen molar-refractivity contribution in [3.8, 4) is 0 Å². The highest BCUT2D eigenvalue weighted by Crippen LogP contribution is 2.35. The van der Waals surface area contributed by atoms with Crippen LogP contribution < -0.4 is 21.7 Å². The van der Waals surface area contributed by atoms with E-state index in [0.29, 0.717) is 25.3 Å². The van der Waals surface area contributed by atoms with E-state index in [9.17, 15) is 18.0 Å². The van der Waals surface area contributed by atoms with Gasteiger partial charge in [-0.3, -0.25) is 9.79 Å². The van der Waals surface area contributed by atoms with Gasteiger partial charge in [-0.2, -0.15) is 13.2 Å². The van der Waals surface area contributed by atoms with E-state index in [2.05, 4.69) is 10.3 Å². The molecule has 0 aromatic heterocycles. The van der Waals surface area contributed by atoms with Crippen molar-refractivity contribution in [3.05, 3.63) is 48.0 Å². The smallest absolute Gasteiger partial charge is 0.391 e. The highest BCUT2D eigenvalue weighted by Gasteiger charge is 2.41. The fourth-order valence-corrected chi connectivity index (χ4v) is 3.49. The zero-order valence-corrected chi connectivity index (χ0v) is 17.0. The molecule has 3 rings (SSSR count). The van der Waals surface area contributed by atoms with Crippen LogP contribution in [0.3, 0.4) is 0 Å². The Morgan fingerprint density at radius 1 is 1.13 bits per heavy atom. The Balaban J connectivity index is 1.60. The molecule has 0 atom stereocenters. The lowest BCUT2D eigenvalue weighted by Gasteiger charge is -2.34. The highest BCUT2D eigenvalue weighted by atomic mass is 19.4. The molecule has 166 valence electrons. The fourth-order valence-electron chi connectivity index (χ4n) is 3.49. The molecule has 1 saturated heterocycles. The molecule has 5 N–H and O–H groups in total. The summed E-state index contributed by atoms with van der Waals surface area (Å²) >= 11 is 0. The average Bonchev–Trinajstić information content (AvgIpc) is 2.73.